The number of anilines is 1. The number of aromatic hydroxyl groups is 1. The molecule has 4 rings (SSSR count). The lowest BCUT2D eigenvalue weighted by atomic mass is 9.95. The molecule has 1 aliphatic heterocycles. The van der Waals surface area contributed by atoms with Crippen LogP contribution in [0.5, 0.6) is 5.75 Å². The second kappa shape index (κ2) is 7.55. The Morgan fingerprint density at radius 3 is 2.47 bits per heavy atom. The summed E-state index contributed by atoms with van der Waals surface area (Å²) in [6.07, 6.45) is 0. The van der Waals surface area contributed by atoms with Crippen molar-refractivity contribution in [1.82, 2.24) is 0 Å². The maximum atomic E-state index is 13.9. The van der Waals surface area contributed by atoms with Crippen LogP contribution < -0.4 is 4.90 Å². The van der Waals surface area contributed by atoms with Gasteiger partial charge in [0, 0.05) is 11.8 Å². The zero-order valence-electron chi connectivity index (χ0n) is 15.0. The Hall–Kier alpha value is -3.23. The molecule has 1 amide bonds. The minimum atomic E-state index is -1.19. The largest absolute Gasteiger partial charge is 0.506 e. The van der Waals surface area contributed by atoms with Crippen molar-refractivity contribution >= 4 is 40.3 Å². The third-order valence-electron chi connectivity index (χ3n) is 4.67. The maximum Gasteiger partial charge on any atom is 0.294 e. The van der Waals surface area contributed by atoms with Gasteiger partial charge in [-0.15, -0.1) is 11.3 Å². The Morgan fingerprint density at radius 2 is 1.83 bits per heavy atom. The van der Waals surface area contributed by atoms with E-state index in [1.807, 2.05) is 0 Å². The molecule has 0 fully saturated rings. The number of rotatable bonds is 4. The Bertz CT molecular complexity index is 1210. The van der Waals surface area contributed by atoms with Crippen LogP contribution in [0.3, 0.4) is 0 Å². The number of aliphatic hydroxyl groups is 1. The van der Waals surface area contributed by atoms with Crippen LogP contribution in [0.25, 0.3) is 0 Å². The first-order valence-electron chi connectivity index (χ1n) is 8.58. The van der Waals surface area contributed by atoms with Crippen LogP contribution in [0, 0.1) is 11.6 Å². The van der Waals surface area contributed by atoms with E-state index in [-0.39, 0.29) is 26.9 Å². The monoisotopic (exact) mass is 447 g/mol. The van der Waals surface area contributed by atoms with Crippen LogP contribution in [0.2, 0.25) is 5.02 Å². The number of thiophene rings is 1. The van der Waals surface area contributed by atoms with Crippen molar-refractivity contribution in [2.24, 2.45) is 0 Å². The highest BCUT2D eigenvalue weighted by atomic mass is 35.5. The van der Waals surface area contributed by atoms with Gasteiger partial charge in [-0.1, -0.05) is 23.7 Å². The number of Topliss-reactive ketones (excluding diaryl/α,β-unsaturated/α-hetero) is 1. The first-order valence-corrected chi connectivity index (χ1v) is 9.83. The molecule has 1 atom stereocenters. The van der Waals surface area contributed by atoms with Crippen molar-refractivity contribution in [2.75, 3.05) is 4.90 Å². The number of aliphatic hydroxyl groups excluding tert-OH is 1. The van der Waals surface area contributed by atoms with Gasteiger partial charge in [0.25, 0.3) is 5.91 Å². The van der Waals surface area contributed by atoms with E-state index in [1.165, 1.54) is 18.2 Å². The highest BCUT2D eigenvalue weighted by Gasteiger charge is 2.45. The van der Waals surface area contributed by atoms with Crippen molar-refractivity contribution in [3.05, 3.63) is 92.3 Å². The number of phenolic OH excluding ortho intramolecular Hbond substituents is 1. The maximum absolute atomic E-state index is 13.9. The summed E-state index contributed by atoms with van der Waals surface area (Å²) in [6.45, 7) is 0. The molecule has 9 heteroatoms. The standard InChI is InChI=1S/C21H12ClF2NO4S/c22-12-8-10(3-6-15(12)26)18-17(19(27)16-2-1-7-30-16)20(28)21(29)25(18)11-4-5-13(23)14(24)9-11/h1-9,18,26,28H. The number of carbonyl (C=O) groups is 2. The van der Waals surface area contributed by atoms with Crippen LogP contribution >= 0.6 is 22.9 Å². The molecular weight excluding hydrogens is 436 g/mol. The van der Waals surface area contributed by atoms with Gasteiger partial charge in [0.15, 0.2) is 17.4 Å². The summed E-state index contributed by atoms with van der Waals surface area (Å²) in [5.74, 6) is -4.86. The molecule has 152 valence electrons. The highest BCUT2D eigenvalue weighted by Crippen LogP contribution is 2.43. The minimum absolute atomic E-state index is 0.0421. The van der Waals surface area contributed by atoms with Crippen LogP contribution in [0.1, 0.15) is 21.3 Å². The number of carbonyl (C=O) groups excluding carboxylic acids is 2. The van der Waals surface area contributed by atoms with Gasteiger partial charge in [0.1, 0.15) is 5.75 Å². The van der Waals surface area contributed by atoms with Gasteiger partial charge in [0.05, 0.1) is 21.5 Å². The molecule has 1 aliphatic rings. The van der Waals surface area contributed by atoms with Crippen LogP contribution in [0.4, 0.5) is 14.5 Å². The molecule has 0 bridgehead atoms. The Morgan fingerprint density at radius 1 is 1.07 bits per heavy atom. The summed E-state index contributed by atoms with van der Waals surface area (Å²) < 4.78 is 27.3. The van der Waals surface area contributed by atoms with Crippen molar-refractivity contribution in [3.63, 3.8) is 0 Å². The average molecular weight is 448 g/mol. The Labute approximate surface area is 178 Å². The van der Waals surface area contributed by atoms with E-state index in [4.69, 9.17) is 11.6 Å². The SMILES string of the molecule is O=C(C1=C(O)C(=O)N(c2ccc(F)c(F)c2)C1c1ccc(O)c(Cl)c1)c1cccs1. The van der Waals surface area contributed by atoms with Crippen LogP contribution in [-0.2, 0) is 4.79 Å². The van der Waals surface area contributed by atoms with E-state index in [0.717, 1.165) is 34.4 Å². The topological polar surface area (TPSA) is 77.8 Å². The summed E-state index contributed by atoms with van der Waals surface area (Å²) in [5, 5.41) is 21.9. The lowest BCUT2D eigenvalue weighted by molar-refractivity contribution is -0.117. The lowest BCUT2D eigenvalue weighted by Gasteiger charge is -2.27. The third kappa shape index (κ3) is 3.24. The number of halogens is 3. The number of nitrogens with zero attached hydrogens (tertiary/aromatic N) is 1. The van der Waals surface area contributed by atoms with E-state index in [1.54, 1.807) is 17.5 Å². The minimum Gasteiger partial charge on any atom is -0.506 e. The average Bonchev–Trinajstić information content (AvgIpc) is 3.34. The van der Waals surface area contributed by atoms with E-state index in [9.17, 15) is 28.6 Å². The predicted octanol–water partition coefficient (Wildman–Crippen LogP) is 5.17. The first kappa shape index (κ1) is 20.1. The number of ketones is 1. The summed E-state index contributed by atoms with van der Waals surface area (Å²) >= 11 is 7.13. The molecule has 0 radical (unpaired) electrons. The number of hydrogen-bond donors (Lipinski definition) is 2. The van der Waals surface area contributed by atoms with Crippen LogP contribution in [0.15, 0.2) is 65.2 Å². The summed E-state index contributed by atoms with van der Waals surface area (Å²) in [4.78, 5) is 27.3. The molecule has 0 saturated heterocycles. The van der Waals surface area contributed by atoms with Gasteiger partial charge in [-0.2, -0.15) is 0 Å². The van der Waals surface area contributed by atoms with Crippen molar-refractivity contribution in [2.45, 2.75) is 6.04 Å². The van der Waals surface area contributed by atoms with E-state index in [0.29, 0.717) is 5.56 Å². The highest BCUT2D eigenvalue weighted by molar-refractivity contribution is 7.12. The summed E-state index contributed by atoms with van der Waals surface area (Å²) in [7, 11) is 0. The summed E-state index contributed by atoms with van der Waals surface area (Å²) in [5.41, 5.74) is 0.00223. The smallest absolute Gasteiger partial charge is 0.294 e. The van der Waals surface area contributed by atoms with Crippen LogP contribution in [-0.4, -0.2) is 21.9 Å². The van der Waals surface area contributed by atoms with Gasteiger partial charge in [-0.25, -0.2) is 8.78 Å². The molecule has 30 heavy (non-hydrogen) atoms. The molecular formula is C21H12ClF2NO4S. The second-order valence-electron chi connectivity index (χ2n) is 6.46. The normalized spacial score (nSPS) is 16.4. The number of amides is 1. The molecule has 0 spiro atoms. The Balaban J connectivity index is 1.91. The summed E-state index contributed by atoms with van der Waals surface area (Å²) in [6, 6.07) is 8.85. The van der Waals surface area contributed by atoms with Gasteiger partial charge in [-0.05, 0) is 41.3 Å². The zero-order chi connectivity index (χ0) is 21.6. The number of hydrogen-bond acceptors (Lipinski definition) is 5. The molecule has 0 aliphatic carbocycles. The van der Waals surface area contributed by atoms with E-state index in [2.05, 4.69) is 0 Å². The third-order valence-corrected chi connectivity index (χ3v) is 5.84. The molecule has 1 unspecified atom stereocenters. The lowest BCUT2D eigenvalue weighted by Crippen LogP contribution is -2.31. The van der Waals surface area contributed by atoms with Gasteiger partial charge >= 0.3 is 0 Å². The van der Waals surface area contributed by atoms with Gasteiger partial charge in [-0.3, -0.25) is 14.5 Å². The van der Waals surface area contributed by atoms with Gasteiger partial charge in [0.2, 0.25) is 5.78 Å². The predicted molar refractivity (Wildman–Crippen MR) is 108 cm³/mol. The van der Waals surface area contributed by atoms with E-state index < -0.39 is 35.1 Å². The molecule has 2 N–H and O–H groups in total. The second-order valence-corrected chi connectivity index (χ2v) is 7.81. The molecule has 1 aromatic heterocycles. The van der Waals surface area contributed by atoms with Crippen molar-refractivity contribution < 1.29 is 28.6 Å². The molecule has 2 heterocycles. The molecule has 5 nitrogen and oxygen atoms in total. The Kier molecular flexibility index (Phi) is 5.05. The fourth-order valence-corrected chi connectivity index (χ4v) is 4.15. The molecule has 0 saturated carbocycles. The fraction of sp³-hybridized carbons (Fsp3) is 0.0476. The van der Waals surface area contributed by atoms with E-state index >= 15 is 0 Å². The molecule has 2 aromatic carbocycles. The molecule has 3 aromatic rings. The number of phenols is 1. The van der Waals surface area contributed by atoms with Gasteiger partial charge < -0.3 is 10.2 Å². The quantitative estimate of drug-likeness (QED) is 0.541. The number of benzene rings is 2. The van der Waals surface area contributed by atoms with Crippen molar-refractivity contribution in [3.8, 4) is 5.75 Å². The van der Waals surface area contributed by atoms with Crippen molar-refractivity contribution in [1.29, 1.82) is 0 Å². The fourth-order valence-electron chi connectivity index (χ4n) is 3.29. The first-order chi connectivity index (χ1) is 14.3. The zero-order valence-corrected chi connectivity index (χ0v) is 16.5.